The first-order valence-corrected chi connectivity index (χ1v) is 7.89. The summed E-state index contributed by atoms with van der Waals surface area (Å²) in [5, 5.41) is 6.95. The van der Waals surface area contributed by atoms with E-state index in [-0.39, 0.29) is 11.5 Å². The van der Waals surface area contributed by atoms with Gasteiger partial charge in [-0.25, -0.2) is 0 Å². The molecule has 2 heterocycles. The molecule has 3 aromatic rings. The Hall–Kier alpha value is -2.68. The van der Waals surface area contributed by atoms with Crippen molar-refractivity contribution in [3.8, 4) is 22.9 Å². The minimum atomic E-state index is -2.93. The molecule has 9 heteroatoms. The van der Waals surface area contributed by atoms with Crippen molar-refractivity contribution >= 4 is 12.2 Å². The summed E-state index contributed by atoms with van der Waals surface area (Å²) >= 11 is 5.26. The third kappa shape index (κ3) is 3.87. The molecule has 2 aromatic heterocycles. The Morgan fingerprint density at radius 3 is 2.84 bits per heavy atom. The summed E-state index contributed by atoms with van der Waals surface area (Å²) in [7, 11) is 0. The van der Waals surface area contributed by atoms with Crippen molar-refractivity contribution in [2.24, 2.45) is 0 Å². The zero-order valence-electron chi connectivity index (χ0n) is 13.2. The van der Waals surface area contributed by atoms with Crippen LogP contribution in [0, 0.1) is 4.77 Å². The third-order valence-electron chi connectivity index (χ3n) is 3.37. The first-order valence-electron chi connectivity index (χ1n) is 7.48. The van der Waals surface area contributed by atoms with Crippen LogP contribution >= 0.6 is 12.2 Å². The van der Waals surface area contributed by atoms with Crippen LogP contribution in [0.5, 0.6) is 11.5 Å². The first-order chi connectivity index (χ1) is 12.1. The first kappa shape index (κ1) is 17.2. The molecule has 3 rings (SSSR count). The van der Waals surface area contributed by atoms with Crippen LogP contribution in [0.1, 0.15) is 12.7 Å². The van der Waals surface area contributed by atoms with Crippen LogP contribution in [0.3, 0.4) is 0 Å². The van der Waals surface area contributed by atoms with E-state index < -0.39 is 6.61 Å². The van der Waals surface area contributed by atoms with Gasteiger partial charge in [0.15, 0.2) is 22.1 Å². The van der Waals surface area contributed by atoms with E-state index in [0.717, 1.165) is 0 Å². The van der Waals surface area contributed by atoms with E-state index in [1.807, 2.05) is 6.07 Å². The Labute approximate surface area is 147 Å². The third-order valence-corrected chi connectivity index (χ3v) is 3.68. The van der Waals surface area contributed by atoms with Crippen LogP contribution in [0.15, 0.2) is 41.0 Å². The number of furan rings is 1. The fourth-order valence-electron chi connectivity index (χ4n) is 2.35. The molecular formula is C16H15F2N3O3S. The monoisotopic (exact) mass is 367 g/mol. The number of aromatic nitrogens is 3. The van der Waals surface area contributed by atoms with Gasteiger partial charge in [-0.2, -0.15) is 13.9 Å². The predicted molar refractivity (Wildman–Crippen MR) is 88.5 cm³/mol. The predicted octanol–water partition coefficient (Wildman–Crippen LogP) is 4.25. The number of benzene rings is 1. The lowest BCUT2D eigenvalue weighted by Gasteiger charge is -2.13. The van der Waals surface area contributed by atoms with Crippen LogP contribution in [0.25, 0.3) is 11.4 Å². The quantitative estimate of drug-likeness (QED) is 0.633. The molecule has 0 saturated carbocycles. The molecule has 0 radical (unpaired) electrons. The van der Waals surface area contributed by atoms with Crippen molar-refractivity contribution in [1.29, 1.82) is 0 Å². The van der Waals surface area contributed by atoms with E-state index in [1.165, 1.54) is 6.07 Å². The van der Waals surface area contributed by atoms with Gasteiger partial charge in [0.25, 0.3) is 0 Å². The highest BCUT2D eigenvalue weighted by Crippen LogP contribution is 2.33. The Balaban J connectivity index is 1.99. The van der Waals surface area contributed by atoms with Crippen LogP contribution in [0.4, 0.5) is 8.78 Å². The van der Waals surface area contributed by atoms with Crippen molar-refractivity contribution in [3.63, 3.8) is 0 Å². The summed E-state index contributed by atoms with van der Waals surface area (Å²) in [5.74, 6) is 1.42. The molecule has 0 amide bonds. The molecule has 1 aromatic carbocycles. The summed E-state index contributed by atoms with van der Waals surface area (Å²) in [4.78, 5) is 0. The molecule has 6 nitrogen and oxygen atoms in total. The Kier molecular flexibility index (Phi) is 5.13. The molecule has 0 aliphatic heterocycles. The molecular weight excluding hydrogens is 352 g/mol. The van der Waals surface area contributed by atoms with Gasteiger partial charge in [-0.15, -0.1) is 0 Å². The smallest absolute Gasteiger partial charge is 0.387 e. The Morgan fingerprint density at radius 2 is 2.16 bits per heavy atom. The number of ether oxygens (including phenoxy) is 2. The van der Waals surface area contributed by atoms with Gasteiger partial charge in [0.05, 0.1) is 19.4 Å². The minimum Gasteiger partial charge on any atom is -0.490 e. The van der Waals surface area contributed by atoms with Crippen LogP contribution in [-0.2, 0) is 6.54 Å². The van der Waals surface area contributed by atoms with E-state index in [0.29, 0.717) is 35.1 Å². The number of hydrogen-bond acceptors (Lipinski definition) is 5. The standard InChI is InChI=1S/C16H15F2N3O3S/c1-2-22-13-8-10(5-6-12(13)24-15(17)18)14-19-20-16(25)21(14)9-11-4-3-7-23-11/h3-8,15H,2,9H2,1H3,(H,20,25). The number of alkyl halides is 2. The van der Waals surface area contributed by atoms with Gasteiger partial charge in [-0.1, -0.05) is 0 Å². The number of halogens is 2. The van der Waals surface area contributed by atoms with E-state index in [4.69, 9.17) is 21.4 Å². The molecule has 0 saturated heterocycles. The zero-order chi connectivity index (χ0) is 17.8. The normalized spacial score (nSPS) is 11.0. The molecule has 132 valence electrons. The highest BCUT2D eigenvalue weighted by Gasteiger charge is 2.16. The van der Waals surface area contributed by atoms with E-state index in [9.17, 15) is 8.78 Å². The van der Waals surface area contributed by atoms with E-state index in [1.54, 1.807) is 36.0 Å². The van der Waals surface area contributed by atoms with Crippen molar-refractivity contribution < 1.29 is 22.7 Å². The Bertz CT molecular complexity index is 890. The van der Waals surface area contributed by atoms with Gasteiger partial charge in [0, 0.05) is 5.56 Å². The second kappa shape index (κ2) is 7.47. The molecule has 0 aliphatic carbocycles. The maximum atomic E-state index is 12.5. The average Bonchev–Trinajstić information content (AvgIpc) is 3.20. The Morgan fingerprint density at radius 1 is 1.32 bits per heavy atom. The largest absolute Gasteiger partial charge is 0.490 e. The number of rotatable bonds is 7. The van der Waals surface area contributed by atoms with Gasteiger partial charge in [-0.3, -0.25) is 9.67 Å². The van der Waals surface area contributed by atoms with Gasteiger partial charge in [0.2, 0.25) is 0 Å². The molecule has 1 N–H and O–H groups in total. The second-order valence-electron chi connectivity index (χ2n) is 4.99. The molecule has 0 atom stereocenters. The number of hydrogen-bond donors (Lipinski definition) is 1. The highest BCUT2D eigenvalue weighted by molar-refractivity contribution is 7.71. The number of nitrogens with one attached hydrogen (secondary N) is 1. The summed E-state index contributed by atoms with van der Waals surface area (Å²) in [6.07, 6.45) is 1.57. The fourth-order valence-corrected chi connectivity index (χ4v) is 2.55. The van der Waals surface area contributed by atoms with Crippen molar-refractivity contribution in [3.05, 3.63) is 47.1 Å². The minimum absolute atomic E-state index is 0.0349. The van der Waals surface area contributed by atoms with Crippen molar-refractivity contribution in [2.45, 2.75) is 20.1 Å². The second-order valence-corrected chi connectivity index (χ2v) is 5.38. The SMILES string of the molecule is CCOc1cc(-c2n[nH]c(=S)n2Cc2ccco2)ccc1OC(F)F. The summed E-state index contributed by atoms with van der Waals surface area (Å²) < 4.78 is 42.4. The van der Waals surface area contributed by atoms with Crippen molar-refractivity contribution in [2.75, 3.05) is 6.61 Å². The van der Waals surface area contributed by atoms with Gasteiger partial charge >= 0.3 is 6.61 Å². The topological polar surface area (TPSA) is 65.2 Å². The number of aromatic amines is 1. The maximum Gasteiger partial charge on any atom is 0.387 e. The molecule has 0 aliphatic rings. The summed E-state index contributed by atoms with van der Waals surface area (Å²) in [5.41, 5.74) is 0.643. The number of H-pyrrole nitrogens is 1. The zero-order valence-corrected chi connectivity index (χ0v) is 14.1. The fraction of sp³-hybridized carbons (Fsp3) is 0.250. The maximum absolute atomic E-state index is 12.5. The lowest BCUT2D eigenvalue weighted by atomic mass is 10.2. The molecule has 25 heavy (non-hydrogen) atoms. The van der Waals surface area contributed by atoms with Gasteiger partial charge in [0.1, 0.15) is 5.76 Å². The molecule has 0 spiro atoms. The van der Waals surface area contributed by atoms with Gasteiger partial charge < -0.3 is 13.9 Å². The lowest BCUT2D eigenvalue weighted by molar-refractivity contribution is -0.0514. The molecule has 0 fully saturated rings. The van der Waals surface area contributed by atoms with E-state index in [2.05, 4.69) is 14.9 Å². The lowest BCUT2D eigenvalue weighted by Crippen LogP contribution is -2.05. The highest BCUT2D eigenvalue weighted by atomic mass is 32.1. The van der Waals surface area contributed by atoms with E-state index >= 15 is 0 Å². The van der Waals surface area contributed by atoms with Gasteiger partial charge in [-0.05, 0) is 49.5 Å². The summed E-state index contributed by atoms with van der Waals surface area (Å²) in [6.45, 7) is -0.482. The van der Waals surface area contributed by atoms with Crippen LogP contribution < -0.4 is 9.47 Å². The average molecular weight is 367 g/mol. The molecule has 0 bridgehead atoms. The summed E-state index contributed by atoms with van der Waals surface area (Å²) in [6, 6.07) is 8.22. The number of nitrogens with zero attached hydrogens (tertiary/aromatic N) is 2. The van der Waals surface area contributed by atoms with Crippen LogP contribution in [-0.4, -0.2) is 28.0 Å². The van der Waals surface area contributed by atoms with Crippen molar-refractivity contribution in [1.82, 2.24) is 14.8 Å². The molecule has 0 unspecified atom stereocenters. The van der Waals surface area contributed by atoms with Crippen LogP contribution in [0.2, 0.25) is 0 Å².